The Morgan fingerprint density at radius 3 is 1.81 bits per heavy atom. The first-order valence-electron chi connectivity index (χ1n) is 5.49. The molecule has 0 aromatic heterocycles. The van der Waals surface area contributed by atoms with Crippen molar-refractivity contribution < 1.29 is 9.53 Å². The Morgan fingerprint density at radius 2 is 1.56 bits per heavy atom. The molecule has 0 saturated heterocycles. The van der Waals surface area contributed by atoms with Crippen LogP contribution in [0.5, 0.6) is 0 Å². The number of halogens is 1. The van der Waals surface area contributed by atoms with E-state index in [1.807, 2.05) is 71.1 Å². The van der Waals surface area contributed by atoms with Gasteiger partial charge >= 0.3 is 0 Å². The van der Waals surface area contributed by atoms with Crippen molar-refractivity contribution in [3.05, 3.63) is 0 Å². The van der Waals surface area contributed by atoms with Gasteiger partial charge in [-0.2, -0.15) is 0 Å². The van der Waals surface area contributed by atoms with Crippen LogP contribution in [0.2, 0.25) is 0 Å². The zero-order valence-electron chi connectivity index (χ0n) is 11.3. The van der Waals surface area contributed by atoms with Crippen LogP contribution in [0.1, 0.15) is 48.5 Å². The van der Waals surface area contributed by atoms with Crippen LogP contribution in [-0.4, -0.2) is 15.6 Å². The highest BCUT2D eigenvalue weighted by Crippen LogP contribution is 2.45. The van der Waals surface area contributed by atoms with E-state index < -0.39 is 11.1 Å². The molecule has 96 valence electrons. The average molecular weight is 341 g/mol. The topological polar surface area (TPSA) is 52.3 Å². The zero-order valence-corrected chi connectivity index (χ0v) is 13.5. The van der Waals surface area contributed by atoms with Gasteiger partial charge in [-0.3, -0.25) is 4.79 Å². The lowest BCUT2D eigenvalue weighted by atomic mass is 9.66. The van der Waals surface area contributed by atoms with E-state index in [0.717, 1.165) is 0 Å². The molecule has 0 bridgehead atoms. The summed E-state index contributed by atoms with van der Waals surface area (Å²) in [6.07, 6.45) is -0.0961. The Labute approximate surface area is 113 Å². The van der Waals surface area contributed by atoms with Crippen molar-refractivity contribution in [2.24, 2.45) is 16.6 Å². The molecule has 0 spiro atoms. The molecule has 0 fully saturated rings. The second-order valence-electron chi connectivity index (χ2n) is 5.98. The summed E-state index contributed by atoms with van der Waals surface area (Å²) in [4.78, 5) is 11.7. The quantitative estimate of drug-likeness (QED) is 0.475. The first kappa shape index (κ1) is 16.3. The van der Waals surface area contributed by atoms with Gasteiger partial charge in [0.1, 0.15) is 5.72 Å². The Hall–Kier alpha value is 0.320. The highest BCUT2D eigenvalue weighted by molar-refractivity contribution is 14.1. The molecule has 3 nitrogen and oxygen atoms in total. The lowest BCUT2D eigenvalue weighted by Crippen LogP contribution is -2.50. The lowest BCUT2D eigenvalue weighted by Gasteiger charge is -2.45. The van der Waals surface area contributed by atoms with Gasteiger partial charge in [0.25, 0.3) is 0 Å². The van der Waals surface area contributed by atoms with E-state index in [9.17, 15) is 4.79 Å². The second kappa shape index (κ2) is 4.90. The van der Waals surface area contributed by atoms with Crippen molar-refractivity contribution in [2.45, 2.75) is 60.3 Å². The first-order chi connectivity index (χ1) is 6.82. The van der Waals surface area contributed by atoms with Crippen molar-refractivity contribution in [3.63, 3.8) is 0 Å². The number of hydrogen-bond acceptors (Lipinski definition) is 3. The third-order valence-electron chi connectivity index (χ3n) is 3.60. The third kappa shape index (κ3) is 3.67. The number of carbonyl (C=O) groups is 1. The molecule has 0 aliphatic heterocycles. The van der Waals surface area contributed by atoms with E-state index in [-0.39, 0.29) is 15.3 Å². The minimum atomic E-state index is -0.679. The molecule has 0 aliphatic rings. The highest BCUT2D eigenvalue weighted by atomic mass is 127. The molecular weight excluding hydrogens is 317 g/mol. The summed E-state index contributed by atoms with van der Waals surface area (Å²) in [5, 5.41) is 0. The van der Waals surface area contributed by atoms with E-state index in [1.54, 1.807) is 0 Å². The molecule has 16 heavy (non-hydrogen) atoms. The molecule has 1 unspecified atom stereocenters. The van der Waals surface area contributed by atoms with Crippen molar-refractivity contribution in [2.75, 3.05) is 0 Å². The Balaban J connectivity index is 4.99. The van der Waals surface area contributed by atoms with Gasteiger partial charge in [-0.15, -0.1) is 0 Å². The molecule has 0 saturated carbocycles. The average Bonchev–Trinajstić information content (AvgIpc) is 1.99. The largest absolute Gasteiger partial charge is 0.358 e. The predicted molar refractivity (Wildman–Crippen MR) is 75.4 cm³/mol. The van der Waals surface area contributed by atoms with Crippen molar-refractivity contribution in [1.29, 1.82) is 0 Å². The molecule has 0 aliphatic carbocycles. The Bertz CT molecular complexity index is 267. The number of nitrogens with two attached hydrogens (primary N) is 1. The van der Waals surface area contributed by atoms with E-state index in [4.69, 9.17) is 10.5 Å². The van der Waals surface area contributed by atoms with Crippen molar-refractivity contribution >= 4 is 26.4 Å². The van der Waals surface area contributed by atoms with Crippen LogP contribution >= 0.6 is 22.6 Å². The molecule has 0 radical (unpaired) electrons. The lowest BCUT2D eigenvalue weighted by molar-refractivity contribution is -0.149. The van der Waals surface area contributed by atoms with Crippen molar-refractivity contribution in [3.8, 4) is 0 Å². The standard InChI is InChI=1S/C12H24INO2/c1-8(16-12(6,7)14)10(2,3)11(4,5)9(13)15/h8H,14H2,1-7H3. The number of rotatable bonds is 5. The van der Waals surface area contributed by atoms with Gasteiger partial charge in [0, 0.05) is 33.4 Å². The number of ether oxygens (including phenoxy) is 1. The predicted octanol–water partition coefficient (Wildman–Crippen LogP) is 3.10. The van der Waals surface area contributed by atoms with Crippen molar-refractivity contribution in [1.82, 2.24) is 0 Å². The van der Waals surface area contributed by atoms with Gasteiger partial charge < -0.3 is 10.5 Å². The fraction of sp³-hybridized carbons (Fsp3) is 0.917. The first-order valence-corrected chi connectivity index (χ1v) is 6.57. The molecule has 4 heteroatoms. The SMILES string of the molecule is CC(OC(C)(C)N)C(C)(C)C(C)(C)C(=O)I. The molecular formula is C12H24INO2. The van der Waals surface area contributed by atoms with Crippen LogP contribution in [0.3, 0.4) is 0 Å². The van der Waals surface area contributed by atoms with E-state index in [1.165, 1.54) is 0 Å². The summed E-state index contributed by atoms with van der Waals surface area (Å²) >= 11 is 1.86. The number of hydrogen-bond donors (Lipinski definition) is 1. The maximum Gasteiger partial charge on any atom is 0.198 e. The van der Waals surface area contributed by atoms with Gasteiger partial charge in [0.05, 0.1) is 6.10 Å². The molecule has 0 aromatic carbocycles. The summed E-state index contributed by atoms with van der Waals surface area (Å²) in [6, 6.07) is 0. The van der Waals surface area contributed by atoms with Gasteiger partial charge in [-0.1, -0.05) is 27.7 Å². The van der Waals surface area contributed by atoms with E-state index >= 15 is 0 Å². The van der Waals surface area contributed by atoms with E-state index in [0.29, 0.717) is 0 Å². The third-order valence-corrected chi connectivity index (χ3v) is 4.95. The van der Waals surface area contributed by atoms with Crippen LogP contribution in [0.4, 0.5) is 0 Å². The molecule has 0 rings (SSSR count). The maximum absolute atomic E-state index is 11.7. The zero-order chi connectivity index (χ0) is 13.4. The summed E-state index contributed by atoms with van der Waals surface area (Å²) in [7, 11) is 0. The fourth-order valence-electron chi connectivity index (χ4n) is 1.36. The van der Waals surface area contributed by atoms with Crippen LogP contribution in [-0.2, 0) is 9.53 Å². The summed E-state index contributed by atoms with van der Waals surface area (Å²) in [5.41, 5.74) is 4.44. The minimum absolute atomic E-state index is 0.0961. The molecule has 0 heterocycles. The Kier molecular flexibility index (Phi) is 5.00. The summed E-state index contributed by atoms with van der Waals surface area (Å²) < 4.78 is 5.90. The van der Waals surface area contributed by atoms with Crippen LogP contribution in [0.15, 0.2) is 0 Å². The van der Waals surface area contributed by atoms with Crippen LogP contribution < -0.4 is 5.73 Å². The summed E-state index contributed by atoms with van der Waals surface area (Å²) in [6.45, 7) is 13.6. The molecule has 1 atom stereocenters. The van der Waals surface area contributed by atoms with Gasteiger partial charge in [-0.05, 0) is 20.8 Å². The molecule has 2 N–H and O–H groups in total. The van der Waals surface area contributed by atoms with E-state index in [2.05, 4.69) is 0 Å². The Morgan fingerprint density at radius 1 is 1.19 bits per heavy atom. The van der Waals surface area contributed by atoms with Gasteiger partial charge in [-0.25, -0.2) is 0 Å². The normalized spacial score (nSPS) is 16.1. The monoisotopic (exact) mass is 341 g/mol. The fourth-order valence-corrected chi connectivity index (χ4v) is 2.06. The minimum Gasteiger partial charge on any atom is -0.358 e. The maximum atomic E-state index is 11.7. The van der Waals surface area contributed by atoms with Crippen LogP contribution in [0.25, 0.3) is 0 Å². The second-order valence-corrected chi connectivity index (χ2v) is 6.96. The van der Waals surface area contributed by atoms with Gasteiger partial charge in [0.15, 0.2) is 3.79 Å². The smallest absolute Gasteiger partial charge is 0.198 e. The highest BCUT2D eigenvalue weighted by Gasteiger charge is 2.46. The number of carbonyl (C=O) groups excluding carboxylic acids is 1. The van der Waals surface area contributed by atoms with Crippen LogP contribution in [0, 0.1) is 10.8 Å². The summed E-state index contributed by atoms with van der Waals surface area (Å²) in [5.74, 6) is 0. The van der Waals surface area contributed by atoms with Gasteiger partial charge in [0.2, 0.25) is 0 Å². The molecule has 0 amide bonds. The molecule has 0 aromatic rings.